The molecule has 4 aromatic rings. The first kappa shape index (κ1) is 17.8. The van der Waals surface area contributed by atoms with Crippen LogP contribution in [0.3, 0.4) is 0 Å². The van der Waals surface area contributed by atoms with Crippen molar-refractivity contribution in [1.82, 2.24) is 10.3 Å². The number of benzene rings is 3. The van der Waals surface area contributed by atoms with Gasteiger partial charge < -0.3 is 15.0 Å². The smallest absolute Gasteiger partial charge is 0.407 e. The van der Waals surface area contributed by atoms with Gasteiger partial charge in [0.05, 0.1) is 5.52 Å². The van der Waals surface area contributed by atoms with Crippen LogP contribution in [-0.4, -0.2) is 17.6 Å². The predicted octanol–water partition coefficient (Wildman–Crippen LogP) is 4.15. The second-order valence-corrected chi connectivity index (χ2v) is 6.58. The van der Waals surface area contributed by atoms with Crippen molar-refractivity contribution < 1.29 is 9.53 Å². The van der Waals surface area contributed by atoms with Gasteiger partial charge in [0.15, 0.2) is 5.43 Å². The van der Waals surface area contributed by atoms with E-state index in [4.69, 9.17) is 4.74 Å². The van der Waals surface area contributed by atoms with Gasteiger partial charge in [0.2, 0.25) is 0 Å². The number of hydrogen-bond donors (Lipinski definition) is 2. The van der Waals surface area contributed by atoms with E-state index in [1.807, 2.05) is 72.8 Å². The number of carbonyl (C=O) groups excluding carboxylic acids is 1. The Morgan fingerprint density at radius 1 is 0.893 bits per heavy atom. The summed E-state index contributed by atoms with van der Waals surface area (Å²) in [6.45, 7) is 0.617. The zero-order chi connectivity index (χ0) is 19.3. The number of hydrogen-bond acceptors (Lipinski definition) is 3. The van der Waals surface area contributed by atoms with Gasteiger partial charge in [-0.1, -0.05) is 54.6 Å². The number of amides is 1. The number of alkyl carbamates (subject to hydrolysis) is 1. The lowest BCUT2D eigenvalue weighted by molar-refractivity contribution is 0.140. The van der Waals surface area contributed by atoms with Crippen LogP contribution in [0.25, 0.3) is 21.8 Å². The van der Waals surface area contributed by atoms with Crippen molar-refractivity contribution in [2.24, 2.45) is 0 Å². The van der Waals surface area contributed by atoms with E-state index in [9.17, 15) is 9.59 Å². The van der Waals surface area contributed by atoms with Crippen molar-refractivity contribution in [3.63, 3.8) is 0 Å². The molecule has 0 unspecified atom stereocenters. The summed E-state index contributed by atoms with van der Waals surface area (Å²) in [5.74, 6) is 0. The number of aromatic amines is 1. The van der Waals surface area contributed by atoms with Crippen molar-refractivity contribution in [2.75, 3.05) is 6.54 Å². The van der Waals surface area contributed by atoms with Gasteiger partial charge in [0.25, 0.3) is 0 Å². The van der Waals surface area contributed by atoms with Crippen LogP contribution in [0, 0.1) is 0 Å². The maximum Gasteiger partial charge on any atom is 0.407 e. The topological polar surface area (TPSA) is 71.2 Å². The van der Waals surface area contributed by atoms with Crippen LogP contribution in [-0.2, 0) is 17.8 Å². The third-order valence-corrected chi connectivity index (χ3v) is 4.70. The highest BCUT2D eigenvalue weighted by Crippen LogP contribution is 2.18. The molecule has 4 rings (SSSR count). The van der Waals surface area contributed by atoms with Crippen LogP contribution in [0.15, 0.2) is 77.6 Å². The minimum absolute atomic E-state index is 0.00611. The molecule has 0 aliphatic heterocycles. The van der Waals surface area contributed by atoms with E-state index in [2.05, 4.69) is 10.3 Å². The normalized spacial score (nSPS) is 10.9. The van der Waals surface area contributed by atoms with Gasteiger partial charge in [-0.15, -0.1) is 0 Å². The van der Waals surface area contributed by atoms with Crippen LogP contribution in [0.2, 0.25) is 0 Å². The maximum absolute atomic E-state index is 12.9. The van der Waals surface area contributed by atoms with E-state index in [1.165, 1.54) is 0 Å². The highest BCUT2D eigenvalue weighted by molar-refractivity contribution is 5.94. The second kappa shape index (κ2) is 7.96. The van der Waals surface area contributed by atoms with Crippen molar-refractivity contribution in [1.29, 1.82) is 0 Å². The molecule has 0 aliphatic rings. The number of para-hydroxylation sites is 1. The number of ether oxygens (including phenoxy) is 1. The molecule has 5 heteroatoms. The van der Waals surface area contributed by atoms with Crippen molar-refractivity contribution in [3.05, 3.63) is 94.1 Å². The lowest BCUT2D eigenvalue weighted by Gasteiger charge is -2.10. The standard InChI is InChI=1S/C23H20N2O3/c26-22-18-10-4-5-11-19(18)25-20-12-6-9-17(21(20)22)13-14-24-23(27)28-15-16-7-2-1-3-8-16/h1-12H,13-15H2,(H,24,27)(H,25,26). The molecule has 28 heavy (non-hydrogen) atoms. The Morgan fingerprint density at radius 3 is 2.50 bits per heavy atom. The van der Waals surface area contributed by atoms with Crippen LogP contribution < -0.4 is 10.7 Å². The highest BCUT2D eigenvalue weighted by atomic mass is 16.5. The number of carbonyl (C=O) groups is 1. The summed E-state index contributed by atoms with van der Waals surface area (Å²) in [7, 11) is 0. The molecule has 1 aromatic heterocycles. The zero-order valence-electron chi connectivity index (χ0n) is 15.3. The molecule has 0 fully saturated rings. The molecule has 0 atom stereocenters. The molecule has 2 N–H and O–H groups in total. The summed E-state index contributed by atoms with van der Waals surface area (Å²) in [6, 6.07) is 22.7. The Kier molecular flexibility index (Phi) is 5.06. The number of pyridine rings is 1. The number of nitrogens with one attached hydrogen (secondary N) is 2. The lowest BCUT2D eigenvalue weighted by Crippen LogP contribution is -2.26. The summed E-state index contributed by atoms with van der Waals surface area (Å²) in [4.78, 5) is 28.2. The third-order valence-electron chi connectivity index (χ3n) is 4.70. The molecule has 0 bridgehead atoms. The highest BCUT2D eigenvalue weighted by Gasteiger charge is 2.10. The first-order valence-electron chi connectivity index (χ1n) is 9.19. The lowest BCUT2D eigenvalue weighted by atomic mass is 10.0. The summed E-state index contributed by atoms with van der Waals surface area (Å²) >= 11 is 0. The van der Waals surface area contributed by atoms with Gasteiger partial charge in [-0.3, -0.25) is 4.79 Å². The maximum atomic E-state index is 12.9. The van der Waals surface area contributed by atoms with E-state index >= 15 is 0 Å². The molecule has 0 saturated carbocycles. The summed E-state index contributed by atoms with van der Waals surface area (Å²) < 4.78 is 5.22. The summed E-state index contributed by atoms with van der Waals surface area (Å²) in [6.07, 6.45) is 0.0718. The van der Waals surface area contributed by atoms with Crippen molar-refractivity contribution in [2.45, 2.75) is 13.0 Å². The number of aromatic nitrogens is 1. The Morgan fingerprint density at radius 2 is 1.64 bits per heavy atom. The van der Waals surface area contributed by atoms with E-state index < -0.39 is 6.09 Å². The van der Waals surface area contributed by atoms with Gasteiger partial charge in [-0.25, -0.2) is 4.79 Å². The van der Waals surface area contributed by atoms with Crippen LogP contribution in [0.5, 0.6) is 0 Å². The Hall–Kier alpha value is -3.60. The monoisotopic (exact) mass is 372 g/mol. The van der Waals surface area contributed by atoms with E-state index in [-0.39, 0.29) is 12.0 Å². The Balaban J connectivity index is 1.45. The SMILES string of the molecule is O=C(NCCc1cccc2[nH]c3ccccc3c(=O)c12)OCc1ccccc1. The van der Waals surface area contributed by atoms with Gasteiger partial charge in [0, 0.05) is 22.8 Å². The number of H-pyrrole nitrogens is 1. The summed E-state index contributed by atoms with van der Waals surface area (Å²) in [5.41, 5.74) is 3.46. The quantitative estimate of drug-likeness (QED) is 0.517. The first-order chi connectivity index (χ1) is 13.7. The average Bonchev–Trinajstić information content (AvgIpc) is 2.73. The molecule has 0 aliphatic carbocycles. The molecule has 0 radical (unpaired) electrons. The largest absolute Gasteiger partial charge is 0.445 e. The van der Waals surface area contributed by atoms with E-state index in [0.717, 1.165) is 22.2 Å². The molecular weight excluding hydrogens is 352 g/mol. The summed E-state index contributed by atoms with van der Waals surface area (Å²) in [5, 5.41) is 4.08. The van der Waals surface area contributed by atoms with Gasteiger partial charge in [-0.05, 0) is 35.7 Å². The fourth-order valence-corrected chi connectivity index (χ4v) is 3.32. The van der Waals surface area contributed by atoms with E-state index in [1.54, 1.807) is 0 Å². The minimum Gasteiger partial charge on any atom is -0.445 e. The van der Waals surface area contributed by atoms with Crippen molar-refractivity contribution >= 4 is 27.9 Å². The van der Waals surface area contributed by atoms with Gasteiger partial charge in [0.1, 0.15) is 6.61 Å². The minimum atomic E-state index is -0.469. The third kappa shape index (κ3) is 3.74. The van der Waals surface area contributed by atoms with Crippen LogP contribution in [0.1, 0.15) is 11.1 Å². The van der Waals surface area contributed by atoms with Gasteiger partial charge in [-0.2, -0.15) is 0 Å². The molecular formula is C23H20N2O3. The number of rotatable bonds is 5. The van der Waals surface area contributed by atoms with Gasteiger partial charge >= 0.3 is 6.09 Å². The fraction of sp³-hybridized carbons (Fsp3) is 0.130. The Bertz CT molecular complexity index is 1180. The Labute approximate surface area is 162 Å². The molecule has 5 nitrogen and oxygen atoms in total. The molecule has 1 amide bonds. The second-order valence-electron chi connectivity index (χ2n) is 6.58. The van der Waals surface area contributed by atoms with E-state index in [0.29, 0.717) is 23.7 Å². The molecule has 3 aromatic carbocycles. The molecule has 0 spiro atoms. The zero-order valence-corrected chi connectivity index (χ0v) is 15.3. The molecule has 1 heterocycles. The molecule has 0 saturated heterocycles. The van der Waals surface area contributed by atoms with Crippen LogP contribution >= 0.6 is 0 Å². The predicted molar refractivity (Wildman–Crippen MR) is 110 cm³/mol. The van der Waals surface area contributed by atoms with Crippen LogP contribution in [0.4, 0.5) is 4.79 Å². The van der Waals surface area contributed by atoms with Crippen molar-refractivity contribution in [3.8, 4) is 0 Å². The first-order valence-corrected chi connectivity index (χ1v) is 9.19. The number of fused-ring (bicyclic) bond motifs is 2. The average molecular weight is 372 g/mol. The molecule has 140 valence electrons. The fourth-order valence-electron chi connectivity index (χ4n) is 3.32.